The molecule has 1 aliphatic carbocycles. The molecule has 1 aromatic rings. The van der Waals surface area contributed by atoms with E-state index in [4.69, 9.17) is 11.6 Å². The fourth-order valence-corrected chi connectivity index (χ4v) is 3.78. The van der Waals surface area contributed by atoms with Crippen LogP contribution in [0.4, 0.5) is 11.8 Å². The van der Waals surface area contributed by atoms with Gasteiger partial charge in [0.2, 0.25) is 11.9 Å². The molecule has 136 valence electrons. The van der Waals surface area contributed by atoms with Crippen LogP contribution in [0, 0.1) is 5.92 Å². The highest BCUT2D eigenvalue weighted by Gasteiger charge is 2.26. The molecule has 0 unspecified atom stereocenters. The monoisotopic (exact) mass is 363 g/mol. The van der Waals surface area contributed by atoms with Gasteiger partial charge in [-0.1, -0.05) is 25.1 Å². The zero-order chi connectivity index (χ0) is 17.8. The molecule has 6 nitrogen and oxygen atoms in total. The van der Waals surface area contributed by atoms with Gasteiger partial charge in [0.1, 0.15) is 5.02 Å². The molecule has 2 fully saturated rings. The number of halogens is 1. The third-order valence-electron chi connectivity index (χ3n) is 5.09. The van der Waals surface area contributed by atoms with E-state index in [1.54, 1.807) is 6.20 Å². The number of amides is 1. The van der Waals surface area contributed by atoms with E-state index in [2.05, 4.69) is 39.0 Å². The zero-order valence-electron chi connectivity index (χ0n) is 14.7. The van der Waals surface area contributed by atoms with Crippen LogP contribution in [-0.2, 0) is 4.79 Å². The number of aromatic nitrogens is 2. The van der Waals surface area contributed by atoms with Crippen molar-refractivity contribution < 1.29 is 4.79 Å². The van der Waals surface area contributed by atoms with Crippen LogP contribution in [-0.4, -0.2) is 41.0 Å². The van der Waals surface area contributed by atoms with Crippen LogP contribution >= 0.6 is 11.6 Å². The Bertz CT molecular complexity index is 630. The normalized spacial score (nSPS) is 26.3. The van der Waals surface area contributed by atoms with Crippen LogP contribution in [0.15, 0.2) is 18.9 Å². The van der Waals surface area contributed by atoms with Crippen molar-refractivity contribution in [2.45, 2.75) is 51.1 Å². The summed E-state index contributed by atoms with van der Waals surface area (Å²) in [5.41, 5.74) is 0. The summed E-state index contributed by atoms with van der Waals surface area (Å²) in [6, 6.07) is 0.524. The first-order valence-electron chi connectivity index (χ1n) is 9.02. The minimum Gasteiger partial charge on any atom is -0.353 e. The van der Waals surface area contributed by atoms with E-state index in [0.717, 1.165) is 37.5 Å². The molecule has 2 heterocycles. The van der Waals surface area contributed by atoms with Crippen molar-refractivity contribution in [1.29, 1.82) is 0 Å². The lowest BCUT2D eigenvalue weighted by molar-refractivity contribution is -0.117. The van der Waals surface area contributed by atoms with Crippen LogP contribution in [0.1, 0.15) is 39.0 Å². The number of hydrogen-bond donors (Lipinski definition) is 2. The number of nitrogens with zero attached hydrogens (tertiary/aromatic N) is 3. The van der Waals surface area contributed by atoms with Crippen molar-refractivity contribution in [1.82, 2.24) is 15.3 Å². The Morgan fingerprint density at radius 2 is 2.08 bits per heavy atom. The van der Waals surface area contributed by atoms with Crippen LogP contribution in [0.25, 0.3) is 0 Å². The molecule has 25 heavy (non-hydrogen) atoms. The van der Waals surface area contributed by atoms with E-state index in [-0.39, 0.29) is 11.9 Å². The molecule has 3 rings (SSSR count). The second-order valence-corrected chi connectivity index (χ2v) is 7.52. The minimum atomic E-state index is -0.144. The number of carbonyl (C=O) groups excluding carboxylic acids is 1. The van der Waals surface area contributed by atoms with Gasteiger partial charge in [-0.25, -0.2) is 4.98 Å². The van der Waals surface area contributed by atoms with Crippen molar-refractivity contribution in [3.8, 4) is 0 Å². The van der Waals surface area contributed by atoms with Crippen molar-refractivity contribution in [2.24, 2.45) is 5.92 Å². The zero-order valence-corrected chi connectivity index (χ0v) is 15.4. The number of rotatable bonds is 5. The maximum absolute atomic E-state index is 11.5. The smallest absolute Gasteiger partial charge is 0.243 e. The highest BCUT2D eigenvalue weighted by molar-refractivity contribution is 6.32. The lowest BCUT2D eigenvalue weighted by atomic mass is 9.87. The standard InChI is InChI=1S/C18H26ClN5O/c1-3-16(25)21-14-8-9-24(11-14)17-15(19)10-20-18(23-17)22-13-6-4-12(2)5-7-13/h3,10,12-14H,1,4-9,11H2,2H3,(H,21,25)(H,20,22,23)/t12?,13?,14-/m1/s1. The maximum Gasteiger partial charge on any atom is 0.243 e. The summed E-state index contributed by atoms with van der Waals surface area (Å²) in [4.78, 5) is 22.6. The van der Waals surface area contributed by atoms with E-state index in [1.807, 2.05) is 0 Å². The molecule has 0 bridgehead atoms. The van der Waals surface area contributed by atoms with Gasteiger partial charge in [-0.3, -0.25) is 4.79 Å². The van der Waals surface area contributed by atoms with Gasteiger partial charge in [0.15, 0.2) is 5.82 Å². The summed E-state index contributed by atoms with van der Waals surface area (Å²) in [5, 5.41) is 6.93. The topological polar surface area (TPSA) is 70.2 Å². The molecule has 0 spiro atoms. The summed E-state index contributed by atoms with van der Waals surface area (Å²) in [6.45, 7) is 7.29. The summed E-state index contributed by atoms with van der Waals surface area (Å²) < 4.78 is 0. The number of nitrogens with one attached hydrogen (secondary N) is 2. The molecule has 1 amide bonds. The van der Waals surface area contributed by atoms with Crippen molar-refractivity contribution in [3.63, 3.8) is 0 Å². The molecule has 2 aliphatic rings. The Kier molecular flexibility index (Phi) is 5.78. The summed E-state index contributed by atoms with van der Waals surface area (Å²) in [6.07, 6.45) is 8.62. The average Bonchev–Trinajstić information content (AvgIpc) is 3.06. The number of carbonyl (C=O) groups is 1. The summed E-state index contributed by atoms with van der Waals surface area (Å²) in [7, 11) is 0. The summed E-state index contributed by atoms with van der Waals surface area (Å²) in [5.74, 6) is 2.04. The molecule has 0 aromatic carbocycles. The molecular formula is C18H26ClN5O. The number of anilines is 2. The Morgan fingerprint density at radius 1 is 1.32 bits per heavy atom. The lowest BCUT2D eigenvalue weighted by Crippen LogP contribution is -2.36. The van der Waals surface area contributed by atoms with Crippen molar-refractivity contribution >= 4 is 29.3 Å². The molecule has 2 N–H and O–H groups in total. The van der Waals surface area contributed by atoms with E-state index in [1.165, 1.54) is 18.9 Å². The quantitative estimate of drug-likeness (QED) is 0.787. The van der Waals surface area contributed by atoms with Gasteiger partial charge in [-0.05, 0) is 44.1 Å². The highest BCUT2D eigenvalue weighted by atomic mass is 35.5. The molecule has 7 heteroatoms. The fraction of sp³-hybridized carbons (Fsp3) is 0.611. The van der Waals surface area contributed by atoms with Gasteiger partial charge in [0, 0.05) is 25.2 Å². The maximum atomic E-state index is 11.5. The first kappa shape index (κ1) is 18.0. The minimum absolute atomic E-state index is 0.0905. The lowest BCUT2D eigenvalue weighted by Gasteiger charge is -2.27. The second kappa shape index (κ2) is 8.04. The van der Waals surface area contributed by atoms with Gasteiger partial charge in [-0.15, -0.1) is 0 Å². The van der Waals surface area contributed by atoms with E-state index >= 15 is 0 Å². The second-order valence-electron chi connectivity index (χ2n) is 7.11. The molecular weight excluding hydrogens is 338 g/mol. The van der Waals surface area contributed by atoms with Crippen molar-refractivity contribution in [2.75, 3.05) is 23.3 Å². The Balaban J connectivity index is 1.64. The van der Waals surface area contributed by atoms with Crippen LogP contribution in [0.2, 0.25) is 5.02 Å². The fourth-order valence-electron chi connectivity index (χ4n) is 3.57. The Hall–Kier alpha value is -1.82. The van der Waals surface area contributed by atoms with E-state index in [0.29, 0.717) is 23.6 Å². The highest BCUT2D eigenvalue weighted by Crippen LogP contribution is 2.29. The molecule has 1 aliphatic heterocycles. The third-order valence-corrected chi connectivity index (χ3v) is 5.36. The predicted octanol–water partition coefficient (Wildman–Crippen LogP) is 3.00. The molecule has 1 saturated carbocycles. The third kappa shape index (κ3) is 4.63. The summed E-state index contributed by atoms with van der Waals surface area (Å²) >= 11 is 6.32. The molecule has 0 radical (unpaired) electrons. The number of hydrogen-bond acceptors (Lipinski definition) is 5. The first-order chi connectivity index (χ1) is 12.0. The average molecular weight is 364 g/mol. The molecule has 1 atom stereocenters. The van der Waals surface area contributed by atoms with Crippen molar-refractivity contribution in [3.05, 3.63) is 23.9 Å². The van der Waals surface area contributed by atoms with Gasteiger partial charge >= 0.3 is 0 Å². The largest absolute Gasteiger partial charge is 0.353 e. The SMILES string of the molecule is C=CC(=O)N[C@@H]1CCN(c2nc(NC3CCC(C)CC3)ncc2Cl)C1. The molecule has 1 aromatic heterocycles. The predicted molar refractivity (Wildman–Crippen MR) is 101 cm³/mol. The van der Waals surface area contributed by atoms with Gasteiger partial charge < -0.3 is 15.5 Å². The Labute approximate surface area is 154 Å². The van der Waals surface area contributed by atoms with Gasteiger partial charge in [0.05, 0.1) is 6.20 Å². The van der Waals surface area contributed by atoms with Crippen LogP contribution in [0.3, 0.4) is 0 Å². The van der Waals surface area contributed by atoms with Crippen LogP contribution < -0.4 is 15.5 Å². The molecule has 1 saturated heterocycles. The van der Waals surface area contributed by atoms with Gasteiger partial charge in [0.25, 0.3) is 0 Å². The van der Waals surface area contributed by atoms with Gasteiger partial charge in [-0.2, -0.15) is 4.98 Å². The first-order valence-corrected chi connectivity index (χ1v) is 9.40. The van der Waals surface area contributed by atoms with Crippen LogP contribution in [0.5, 0.6) is 0 Å². The van der Waals surface area contributed by atoms with E-state index < -0.39 is 0 Å². The Morgan fingerprint density at radius 3 is 2.80 bits per heavy atom. The van der Waals surface area contributed by atoms with E-state index in [9.17, 15) is 4.79 Å².